The molecule has 0 radical (unpaired) electrons. The molecule has 1 aromatic rings. The Morgan fingerprint density at radius 3 is 1.81 bits per heavy atom. The zero-order valence-electron chi connectivity index (χ0n) is 41.1. The van der Waals surface area contributed by atoms with Crippen molar-refractivity contribution < 1.29 is 78.0 Å². The highest BCUT2D eigenvalue weighted by Gasteiger charge is 2.40. The highest BCUT2D eigenvalue weighted by molar-refractivity contribution is 7.80. The third kappa shape index (κ3) is 20.8. The Balaban J connectivity index is 2.11. The molecule has 1 aliphatic heterocycles. The number of hydrogen-bond acceptors (Lipinski definition) is 18. The summed E-state index contributed by atoms with van der Waals surface area (Å²) in [4.78, 5) is 156. The smallest absolute Gasteiger partial charge is 0.246 e. The van der Waals surface area contributed by atoms with E-state index in [1.54, 1.807) is 0 Å². The fourth-order valence-electron chi connectivity index (χ4n) is 7.22. The van der Waals surface area contributed by atoms with E-state index in [9.17, 15) is 78.0 Å². The number of thiol groups is 1. The summed E-state index contributed by atoms with van der Waals surface area (Å²) in [6.45, 7) is 0.929. The first-order valence-corrected chi connectivity index (χ1v) is 24.0. The number of rotatable bonds is 31. The third-order valence-electron chi connectivity index (χ3n) is 11.2. The number of carbonyl (C=O) groups is 12. The van der Waals surface area contributed by atoms with Gasteiger partial charge in [-0.05, 0) is 70.2 Å². The number of carbonyl (C=O) groups excluding carboxylic acids is 12. The summed E-state index contributed by atoms with van der Waals surface area (Å²) in [7, 11) is 0. The standard InChI is InChI=1S/C44H69N13O16S/c1-21(36(47)65)49-42(71)32-8-6-14-57(32)44(73)28(16-33(46)63)52-40(69)30(19-59)53-41(70)31(20-74)55-38(67)26(7-4-5-13-45)51-34(64)17-48-37(66)29(18-58)54-43(72)35(22(2)60)56-39(68)27(50-23(3)61)15-24-9-11-25(62)12-10-24/h9-12,21-22,26-32,35,58-60,62,74H,4-8,13-20,45H2,1-3H3,(H2,46,63)(H2,47,65)(H,48,66)(H,49,71)(H,50,61)(H,51,64)(H,52,69)(H,53,70)(H,54,72)(H,55,67)(H,56,68)/t21-,22+,26-,27-,28-,29-,30-,31-,32-,35-/m0/s1. The van der Waals surface area contributed by atoms with Crippen LogP contribution < -0.4 is 65.1 Å². The topological polar surface area (TPSA) is 475 Å². The molecular weight excluding hydrogens is 999 g/mol. The lowest BCUT2D eigenvalue weighted by molar-refractivity contribution is -0.143. The van der Waals surface area contributed by atoms with Gasteiger partial charge in [0.2, 0.25) is 70.9 Å². The number of nitrogens with one attached hydrogen (secondary N) is 9. The number of benzene rings is 1. The maximum Gasteiger partial charge on any atom is 0.246 e. The number of amides is 12. The lowest BCUT2D eigenvalue weighted by Crippen LogP contribution is -2.61. The normalized spacial score (nSPS) is 16.6. The van der Waals surface area contributed by atoms with Gasteiger partial charge in [-0.15, -0.1) is 0 Å². The SMILES string of the molecule is CC(=O)N[C@@H](Cc1ccc(O)cc1)C(=O)N[C@H](C(=O)N[C@@H](CO)C(=O)NCC(=O)N[C@@H](CCCCN)C(=O)N[C@@H](CS)C(=O)N[C@@H](CO)C(=O)N[C@@H](CC(N)=O)C(=O)N1CCC[C@H]1C(=O)N[C@@H](C)C(N)=O)[C@@H](C)O. The second-order valence-corrected chi connectivity index (χ2v) is 17.6. The summed E-state index contributed by atoms with van der Waals surface area (Å²) in [6, 6.07) is -7.57. The van der Waals surface area contributed by atoms with E-state index >= 15 is 0 Å². The first kappa shape index (κ1) is 63.0. The van der Waals surface area contributed by atoms with Crippen LogP contribution >= 0.6 is 12.6 Å². The molecule has 1 aliphatic rings. The number of unbranched alkanes of at least 4 members (excludes halogenated alkanes) is 1. The monoisotopic (exact) mass is 1070 g/mol. The maximum absolute atomic E-state index is 13.6. The van der Waals surface area contributed by atoms with Gasteiger partial charge in [0, 0.05) is 25.6 Å². The molecule has 412 valence electrons. The molecule has 0 bridgehead atoms. The van der Waals surface area contributed by atoms with E-state index in [1.807, 2.05) is 0 Å². The van der Waals surface area contributed by atoms with Crippen molar-refractivity contribution in [2.24, 2.45) is 17.2 Å². The van der Waals surface area contributed by atoms with Gasteiger partial charge in [-0.3, -0.25) is 57.5 Å². The lowest BCUT2D eigenvalue weighted by atomic mass is 10.0. The molecule has 1 heterocycles. The van der Waals surface area contributed by atoms with Crippen LogP contribution in [0.25, 0.3) is 0 Å². The Morgan fingerprint density at radius 2 is 1.26 bits per heavy atom. The fraction of sp³-hybridized carbons (Fsp3) is 0.591. The zero-order chi connectivity index (χ0) is 55.8. The maximum atomic E-state index is 13.6. The molecule has 30 heteroatoms. The van der Waals surface area contributed by atoms with Gasteiger partial charge in [-0.1, -0.05) is 12.1 Å². The van der Waals surface area contributed by atoms with E-state index in [2.05, 4.69) is 60.5 Å². The Kier molecular flexibility index (Phi) is 26.8. The van der Waals surface area contributed by atoms with Crippen LogP contribution in [0, 0.1) is 0 Å². The summed E-state index contributed by atoms with van der Waals surface area (Å²) in [5.41, 5.74) is 16.7. The van der Waals surface area contributed by atoms with Crippen LogP contribution in [-0.2, 0) is 64.0 Å². The van der Waals surface area contributed by atoms with Gasteiger partial charge in [-0.2, -0.15) is 12.6 Å². The van der Waals surface area contributed by atoms with Crippen LogP contribution in [0.4, 0.5) is 0 Å². The second kappa shape index (κ2) is 31.4. The molecule has 0 saturated carbocycles. The molecule has 0 aliphatic carbocycles. The molecular formula is C44H69N13O16S. The summed E-state index contributed by atoms with van der Waals surface area (Å²) in [6.07, 6.45) is -1.30. The van der Waals surface area contributed by atoms with E-state index < -0.39 is 163 Å². The van der Waals surface area contributed by atoms with E-state index in [-0.39, 0.29) is 44.5 Å². The molecule has 0 aromatic heterocycles. The van der Waals surface area contributed by atoms with E-state index in [1.165, 1.54) is 31.2 Å². The summed E-state index contributed by atoms with van der Waals surface area (Å²) in [5.74, 6) is -11.9. The minimum Gasteiger partial charge on any atom is -0.508 e. The molecule has 12 amide bonds. The molecule has 1 aromatic carbocycles. The number of phenols is 1. The van der Waals surface area contributed by atoms with Crippen molar-refractivity contribution in [2.75, 3.05) is 38.6 Å². The lowest BCUT2D eigenvalue weighted by Gasteiger charge is -2.30. The van der Waals surface area contributed by atoms with E-state index in [0.717, 1.165) is 18.7 Å². The van der Waals surface area contributed by atoms with E-state index in [0.29, 0.717) is 18.4 Å². The molecule has 29 nitrogen and oxygen atoms in total. The zero-order valence-corrected chi connectivity index (χ0v) is 42.0. The summed E-state index contributed by atoms with van der Waals surface area (Å²) < 4.78 is 0. The molecule has 74 heavy (non-hydrogen) atoms. The minimum atomic E-state index is -1.79. The minimum absolute atomic E-state index is 0.0225. The van der Waals surface area contributed by atoms with Gasteiger partial charge < -0.3 is 90.4 Å². The van der Waals surface area contributed by atoms with Crippen molar-refractivity contribution in [3.63, 3.8) is 0 Å². The van der Waals surface area contributed by atoms with Gasteiger partial charge in [0.25, 0.3) is 0 Å². The van der Waals surface area contributed by atoms with Gasteiger partial charge in [0.15, 0.2) is 0 Å². The number of likely N-dealkylation sites (tertiary alicyclic amines) is 1. The molecule has 0 unspecified atom stereocenters. The van der Waals surface area contributed by atoms with Crippen molar-refractivity contribution in [1.82, 2.24) is 52.8 Å². The van der Waals surface area contributed by atoms with Crippen molar-refractivity contribution in [3.05, 3.63) is 29.8 Å². The fourth-order valence-corrected chi connectivity index (χ4v) is 7.48. The first-order chi connectivity index (χ1) is 34.9. The van der Waals surface area contributed by atoms with E-state index in [4.69, 9.17) is 17.2 Å². The number of nitrogens with zero attached hydrogens (tertiary/aromatic N) is 1. The first-order valence-electron chi connectivity index (χ1n) is 23.4. The van der Waals surface area contributed by atoms with Crippen molar-refractivity contribution in [1.29, 1.82) is 0 Å². The van der Waals surface area contributed by atoms with Crippen LogP contribution in [0.5, 0.6) is 5.75 Å². The third-order valence-corrected chi connectivity index (χ3v) is 11.6. The van der Waals surface area contributed by atoms with Crippen molar-refractivity contribution in [2.45, 2.75) is 126 Å². The number of aromatic hydroxyl groups is 1. The number of phenolic OH excluding ortho intramolecular Hbond substituents is 1. The highest BCUT2D eigenvalue weighted by Crippen LogP contribution is 2.20. The van der Waals surface area contributed by atoms with Crippen LogP contribution in [0.1, 0.15) is 64.9 Å². The van der Waals surface area contributed by atoms with Crippen molar-refractivity contribution >= 4 is 83.5 Å². The van der Waals surface area contributed by atoms with Gasteiger partial charge in [0.1, 0.15) is 60.1 Å². The number of aliphatic hydroxyl groups excluding tert-OH is 3. The Labute approximate surface area is 430 Å². The summed E-state index contributed by atoms with van der Waals surface area (Å²) in [5, 5.41) is 60.8. The number of hydrogen-bond donors (Lipinski definition) is 17. The van der Waals surface area contributed by atoms with Crippen LogP contribution in [0.2, 0.25) is 0 Å². The van der Waals surface area contributed by atoms with Crippen LogP contribution in [-0.4, -0.2) is 195 Å². The molecule has 10 atom stereocenters. The number of nitrogens with two attached hydrogens (primary N) is 3. The predicted molar refractivity (Wildman–Crippen MR) is 262 cm³/mol. The Morgan fingerprint density at radius 1 is 0.703 bits per heavy atom. The Bertz CT molecular complexity index is 2170. The van der Waals surface area contributed by atoms with Gasteiger partial charge >= 0.3 is 0 Å². The van der Waals surface area contributed by atoms with Crippen LogP contribution in [0.15, 0.2) is 24.3 Å². The average Bonchev–Trinajstić information content (AvgIpc) is 3.84. The summed E-state index contributed by atoms with van der Waals surface area (Å²) >= 11 is 4.12. The molecule has 0 spiro atoms. The molecule has 1 fully saturated rings. The Hall–Kier alpha value is -7.15. The number of aliphatic hydroxyl groups is 3. The molecule has 2 rings (SSSR count). The number of primary amides is 2. The largest absolute Gasteiger partial charge is 0.508 e. The molecule has 19 N–H and O–H groups in total. The molecule has 1 saturated heterocycles. The average molecular weight is 1070 g/mol. The quantitative estimate of drug-likeness (QED) is 0.0243. The van der Waals surface area contributed by atoms with Crippen molar-refractivity contribution in [3.8, 4) is 5.75 Å². The second-order valence-electron chi connectivity index (χ2n) is 17.3. The van der Waals surface area contributed by atoms with Gasteiger partial charge in [0.05, 0.1) is 32.3 Å². The highest BCUT2D eigenvalue weighted by atomic mass is 32.1. The predicted octanol–water partition coefficient (Wildman–Crippen LogP) is -8.26. The van der Waals surface area contributed by atoms with Crippen LogP contribution in [0.3, 0.4) is 0 Å². The van der Waals surface area contributed by atoms with Gasteiger partial charge in [-0.25, -0.2) is 0 Å².